The topological polar surface area (TPSA) is 92.0 Å². The van der Waals surface area contributed by atoms with E-state index in [0.29, 0.717) is 23.1 Å². The van der Waals surface area contributed by atoms with Gasteiger partial charge in [0.05, 0.1) is 0 Å². The van der Waals surface area contributed by atoms with Crippen LogP contribution >= 0.6 is 15.9 Å². The predicted octanol–water partition coefficient (Wildman–Crippen LogP) is 1.85. The molecule has 0 amide bonds. The molecule has 2 aromatic heterocycles. The third kappa shape index (κ3) is 3.52. The smallest absolute Gasteiger partial charge is 0.169 e. The van der Waals surface area contributed by atoms with Crippen LogP contribution < -0.4 is 16.5 Å². The summed E-state index contributed by atoms with van der Waals surface area (Å²) in [6.45, 7) is 0. The highest BCUT2D eigenvalue weighted by Gasteiger charge is 2.09. The summed E-state index contributed by atoms with van der Waals surface area (Å²) in [5.41, 5.74) is 9.42. The van der Waals surface area contributed by atoms with Gasteiger partial charge in [-0.25, -0.2) is 20.0 Å². The van der Waals surface area contributed by atoms with E-state index in [9.17, 15) is 0 Å². The largest absolute Gasteiger partial charge is 0.393 e. The summed E-state index contributed by atoms with van der Waals surface area (Å²) in [6.07, 6.45) is 3.13. The van der Waals surface area contributed by atoms with Gasteiger partial charge in [-0.15, -0.1) is 0 Å². The lowest BCUT2D eigenvalue weighted by molar-refractivity contribution is 0.492. The molecule has 0 unspecified atom stereocenters. The molecule has 0 bridgehead atoms. The molecule has 0 atom stereocenters. The van der Waals surface area contributed by atoms with Crippen LogP contribution in [-0.2, 0) is 0 Å². The third-order valence-electron chi connectivity index (χ3n) is 2.19. The van der Waals surface area contributed by atoms with Crippen molar-refractivity contribution in [2.24, 2.45) is 0 Å². The summed E-state index contributed by atoms with van der Waals surface area (Å²) in [5.74, 6) is 1.71. The Hall–Kier alpha value is -1.93. The lowest BCUT2D eigenvalue weighted by Gasteiger charge is -2.15. The van der Waals surface area contributed by atoms with Crippen LogP contribution in [0.15, 0.2) is 29.1 Å². The summed E-state index contributed by atoms with van der Waals surface area (Å²) < 4.78 is 0.906. The van der Waals surface area contributed by atoms with E-state index in [1.807, 2.05) is 26.2 Å². The van der Waals surface area contributed by atoms with Crippen molar-refractivity contribution in [3.63, 3.8) is 0 Å². The SMILES string of the molecule is CN(C)Nc1ncnc(Nc2ccc(Br)cn2)c1N. The highest BCUT2D eigenvalue weighted by atomic mass is 79.9. The van der Waals surface area contributed by atoms with E-state index < -0.39 is 0 Å². The molecule has 4 N–H and O–H groups in total. The van der Waals surface area contributed by atoms with Crippen molar-refractivity contribution in [3.05, 3.63) is 29.1 Å². The number of aromatic nitrogens is 3. The number of pyridine rings is 1. The Morgan fingerprint density at radius 2 is 1.89 bits per heavy atom. The first-order chi connectivity index (χ1) is 9.06. The van der Waals surface area contributed by atoms with E-state index >= 15 is 0 Å². The summed E-state index contributed by atoms with van der Waals surface area (Å²) >= 11 is 3.33. The standard InChI is InChI=1S/C11H14BrN7/c1-19(2)18-11-9(13)10(15-6-16-11)17-8-4-3-7(12)5-14-8/h3-6H,13H2,1-2H3,(H2,14,15,16,17,18). The van der Waals surface area contributed by atoms with E-state index in [-0.39, 0.29) is 0 Å². The molecule has 7 nitrogen and oxygen atoms in total. The molecule has 2 aromatic rings. The van der Waals surface area contributed by atoms with Crippen LogP contribution in [-0.4, -0.2) is 34.1 Å². The zero-order valence-corrected chi connectivity index (χ0v) is 12.1. The molecule has 19 heavy (non-hydrogen) atoms. The van der Waals surface area contributed by atoms with Gasteiger partial charge < -0.3 is 16.5 Å². The minimum Gasteiger partial charge on any atom is -0.393 e. The summed E-state index contributed by atoms with van der Waals surface area (Å²) in [7, 11) is 3.70. The Balaban J connectivity index is 2.23. The Kier molecular flexibility index (Phi) is 4.13. The second-order valence-electron chi connectivity index (χ2n) is 3.98. The fourth-order valence-electron chi connectivity index (χ4n) is 1.37. The quantitative estimate of drug-likeness (QED) is 0.739. The first-order valence-electron chi connectivity index (χ1n) is 5.49. The van der Waals surface area contributed by atoms with Crippen LogP contribution in [0.1, 0.15) is 0 Å². The number of nitrogens with zero attached hydrogens (tertiary/aromatic N) is 4. The molecule has 0 aliphatic carbocycles. The molecule has 8 heteroatoms. The molecule has 0 aliphatic rings. The van der Waals surface area contributed by atoms with E-state index in [4.69, 9.17) is 5.73 Å². The molecule has 0 aliphatic heterocycles. The normalized spacial score (nSPS) is 10.5. The maximum absolute atomic E-state index is 6.00. The number of nitrogen functional groups attached to an aromatic ring is 1. The monoisotopic (exact) mass is 323 g/mol. The Labute approximate surface area is 119 Å². The Bertz CT molecular complexity index is 555. The number of nitrogens with one attached hydrogen (secondary N) is 2. The number of rotatable bonds is 4. The van der Waals surface area contributed by atoms with Crippen molar-refractivity contribution in [2.75, 3.05) is 30.6 Å². The van der Waals surface area contributed by atoms with Gasteiger partial charge in [0, 0.05) is 24.8 Å². The van der Waals surface area contributed by atoms with Crippen LogP contribution in [0.2, 0.25) is 0 Å². The molecule has 0 saturated carbocycles. The molecule has 0 spiro atoms. The molecule has 0 radical (unpaired) electrons. The van der Waals surface area contributed by atoms with Crippen molar-refractivity contribution < 1.29 is 0 Å². The summed E-state index contributed by atoms with van der Waals surface area (Å²) in [6, 6.07) is 3.70. The van der Waals surface area contributed by atoms with Gasteiger partial charge in [0.2, 0.25) is 0 Å². The van der Waals surface area contributed by atoms with Gasteiger partial charge >= 0.3 is 0 Å². The van der Waals surface area contributed by atoms with Gasteiger partial charge in [0.1, 0.15) is 17.8 Å². The molecular formula is C11H14BrN7. The third-order valence-corrected chi connectivity index (χ3v) is 2.66. The van der Waals surface area contributed by atoms with E-state index in [0.717, 1.165) is 4.47 Å². The van der Waals surface area contributed by atoms with Gasteiger partial charge in [-0.3, -0.25) is 0 Å². The Morgan fingerprint density at radius 1 is 1.16 bits per heavy atom. The second-order valence-corrected chi connectivity index (χ2v) is 4.89. The van der Waals surface area contributed by atoms with Crippen LogP contribution in [0.25, 0.3) is 0 Å². The first kappa shape index (κ1) is 13.5. The summed E-state index contributed by atoms with van der Waals surface area (Å²) in [4.78, 5) is 12.4. The van der Waals surface area contributed by atoms with Crippen LogP contribution in [0.3, 0.4) is 0 Å². The fourth-order valence-corrected chi connectivity index (χ4v) is 1.60. The predicted molar refractivity (Wildman–Crippen MR) is 79.0 cm³/mol. The number of hydrogen-bond acceptors (Lipinski definition) is 7. The lowest BCUT2D eigenvalue weighted by Crippen LogP contribution is -2.21. The Morgan fingerprint density at radius 3 is 2.53 bits per heavy atom. The van der Waals surface area contributed by atoms with E-state index in [1.54, 1.807) is 11.2 Å². The minimum absolute atomic E-state index is 0.431. The van der Waals surface area contributed by atoms with Crippen molar-refractivity contribution >= 4 is 39.1 Å². The van der Waals surface area contributed by atoms with Gasteiger partial charge in [-0.05, 0) is 28.1 Å². The van der Waals surface area contributed by atoms with Gasteiger partial charge in [-0.1, -0.05) is 0 Å². The van der Waals surface area contributed by atoms with Crippen molar-refractivity contribution in [1.82, 2.24) is 20.0 Å². The van der Waals surface area contributed by atoms with Gasteiger partial charge in [0.25, 0.3) is 0 Å². The van der Waals surface area contributed by atoms with Crippen molar-refractivity contribution in [1.29, 1.82) is 0 Å². The number of anilines is 4. The molecule has 2 rings (SSSR count). The number of halogens is 1. The number of nitrogens with two attached hydrogens (primary N) is 1. The maximum atomic E-state index is 6.00. The average molecular weight is 324 g/mol. The summed E-state index contributed by atoms with van der Waals surface area (Å²) in [5, 5.41) is 4.80. The molecule has 0 saturated heterocycles. The average Bonchev–Trinajstić information content (AvgIpc) is 2.36. The van der Waals surface area contributed by atoms with E-state index in [2.05, 4.69) is 41.6 Å². The molecule has 0 aromatic carbocycles. The van der Waals surface area contributed by atoms with Crippen LogP contribution in [0.4, 0.5) is 23.1 Å². The fraction of sp³-hybridized carbons (Fsp3) is 0.182. The van der Waals surface area contributed by atoms with Crippen LogP contribution in [0, 0.1) is 0 Å². The first-order valence-corrected chi connectivity index (χ1v) is 6.28. The number of hydrazine groups is 1. The minimum atomic E-state index is 0.431. The molecular weight excluding hydrogens is 310 g/mol. The zero-order chi connectivity index (χ0) is 13.8. The van der Waals surface area contributed by atoms with Crippen molar-refractivity contribution in [3.8, 4) is 0 Å². The van der Waals surface area contributed by atoms with Crippen molar-refractivity contribution in [2.45, 2.75) is 0 Å². The highest BCUT2D eigenvalue weighted by molar-refractivity contribution is 9.10. The number of hydrogen-bond donors (Lipinski definition) is 3. The zero-order valence-electron chi connectivity index (χ0n) is 10.6. The molecule has 0 fully saturated rings. The maximum Gasteiger partial charge on any atom is 0.169 e. The lowest BCUT2D eigenvalue weighted by atomic mass is 10.4. The molecule has 2 heterocycles. The van der Waals surface area contributed by atoms with E-state index in [1.165, 1.54) is 6.33 Å². The van der Waals surface area contributed by atoms with Gasteiger partial charge in [-0.2, -0.15) is 0 Å². The van der Waals surface area contributed by atoms with Gasteiger partial charge in [0.15, 0.2) is 11.6 Å². The van der Waals surface area contributed by atoms with Crippen LogP contribution in [0.5, 0.6) is 0 Å². The second kappa shape index (κ2) is 5.81. The molecule has 100 valence electrons. The highest BCUT2D eigenvalue weighted by Crippen LogP contribution is 2.25.